The summed E-state index contributed by atoms with van der Waals surface area (Å²) < 4.78 is 1.67. The van der Waals surface area contributed by atoms with Crippen molar-refractivity contribution >= 4 is 17.2 Å². The third kappa shape index (κ3) is 4.68. The lowest BCUT2D eigenvalue weighted by molar-refractivity contribution is -0.121. The van der Waals surface area contributed by atoms with Crippen molar-refractivity contribution in [3.63, 3.8) is 0 Å². The van der Waals surface area contributed by atoms with E-state index in [2.05, 4.69) is 24.1 Å². The smallest absolute Gasteiger partial charge is 0.307 e. The van der Waals surface area contributed by atoms with Crippen molar-refractivity contribution in [3.05, 3.63) is 20.7 Å². The molecule has 0 spiro atoms. The molecule has 1 fully saturated rings. The standard InChI is InChI=1S/C16H27N3O2S/c1-12-5-4-7-18(10-12)13(2)9-17-15(20)6-8-19-14(3)11-22-16(19)21/h11-13H,4-10H2,1-3H3,(H,17,20)/t12-,13+/m0/s1. The van der Waals surface area contributed by atoms with Gasteiger partial charge in [-0.25, -0.2) is 0 Å². The van der Waals surface area contributed by atoms with Gasteiger partial charge in [0.15, 0.2) is 0 Å². The number of piperidine rings is 1. The molecule has 0 unspecified atom stereocenters. The zero-order chi connectivity index (χ0) is 16.1. The summed E-state index contributed by atoms with van der Waals surface area (Å²) in [5.74, 6) is 0.773. The van der Waals surface area contributed by atoms with Crippen molar-refractivity contribution in [1.29, 1.82) is 0 Å². The molecule has 1 amide bonds. The number of nitrogens with zero attached hydrogens (tertiary/aromatic N) is 2. The molecule has 1 aliphatic heterocycles. The molecule has 1 aromatic rings. The van der Waals surface area contributed by atoms with Crippen LogP contribution in [0, 0.1) is 12.8 Å². The van der Waals surface area contributed by atoms with Crippen molar-refractivity contribution in [1.82, 2.24) is 14.8 Å². The second-order valence-electron chi connectivity index (χ2n) is 6.44. The molecule has 22 heavy (non-hydrogen) atoms. The lowest BCUT2D eigenvalue weighted by Crippen LogP contribution is -2.46. The largest absolute Gasteiger partial charge is 0.354 e. The van der Waals surface area contributed by atoms with Gasteiger partial charge in [0.05, 0.1) is 0 Å². The first-order valence-corrected chi connectivity index (χ1v) is 9.01. The maximum atomic E-state index is 12.0. The fraction of sp³-hybridized carbons (Fsp3) is 0.750. The number of carbonyl (C=O) groups excluding carboxylic acids is 1. The Hall–Kier alpha value is -1.14. The Kier molecular flexibility index (Phi) is 6.20. The van der Waals surface area contributed by atoms with E-state index in [9.17, 15) is 9.59 Å². The number of likely N-dealkylation sites (tertiary alicyclic amines) is 1. The maximum absolute atomic E-state index is 12.0. The summed E-state index contributed by atoms with van der Waals surface area (Å²) in [6.45, 7) is 9.77. The fourth-order valence-electron chi connectivity index (χ4n) is 2.99. The van der Waals surface area contributed by atoms with Gasteiger partial charge in [0.1, 0.15) is 0 Å². The van der Waals surface area contributed by atoms with Crippen LogP contribution in [0.4, 0.5) is 0 Å². The SMILES string of the molecule is Cc1csc(=O)n1CCC(=O)NC[C@@H](C)N1CCC[C@H](C)C1. The van der Waals surface area contributed by atoms with Crippen molar-refractivity contribution in [3.8, 4) is 0 Å². The molecule has 0 saturated carbocycles. The summed E-state index contributed by atoms with van der Waals surface area (Å²) in [7, 11) is 0. The van der Waals surface area contributed by atoms with Gasteiger partial charge in [-0.3, -0.25) is 14.5 Å². The van der Waals surface area contributed by atoms with Crippen molar-refractivity contribution in [2.75, 3.05) is 19.6 Å². The van der Waals surface area contributed by atoms with Gasteiger partial charge >= 0.3 is 4.87 Å². The Bertz CT molecular complexity index is 552. The monoisotopic (exact) mass is 325 g/mol. The van der Waals surface area contributed by atoms with Crippen LogP contribution < -0.4 is 10.2 Å². The molecule has 2 heterocycles. The summed E-state index contributed by atoms with van der Waals surface area (Å²) in [6.07, 6.45) is 2.92. The number of hydrogen-bond acceptors (Lipinski definition) is 4. The molecule has 124 valence electrons. The average molecular weight is 325 g/mol. The van der Waals surface area contributed by atoms with Gasteiger partial charge in [-0.1, -0.05) is 18.3 Å². The van der Waals surface area contributed by atoms with Crippen LogP contribution >= 0.6 is 11.3 Å². The zero-order valence-corrected chi connectivity index (χ0v) is 14.6. The third-order valence-corrected chi connectivity index (χ3v) is 5.33. The molecule has 0 radical (unpaired) electrons. The Morgan fingerprint density at radius 3 is 2.95 bits per heavy atom. The number of hydrogen-bond donors (Lipinski definition) is 1. The molecule has 0 bridgehead atoms. The van der Waals surface area contributed by atoms with Crippen molar-refractivity contribution < 1.29 is 4.79 Å². The summed E-state index contributed by atoms with van der Waals surface area (Å²) >= 11 is 1.19. The van der Waals surface area contributed by atoms with Gasteiger partial charge < -0.3 is 9.88 Å². The molecule has 5 nitrogen and oxygen atoms in total. The fourth-order valence-corrected chi connectivity index (χ4v) is 3.75. The number of amides is 1. The third-order valence-electron chi connectivity index (χ3n) is 4.45. The van der Waals surface area contributed by atoms with Crippen LogP contribution in [0.5, 0.6) is 0 Å². The van der Waals surface area contributed by atoms with Gasteiger partial charge in [0, 0.05) is 43.2 Å². The van der Waals surface area contributed by atoms with Gasteiger partial charge in [0.2, 0.25) is 5.91 Å². The van der Waals surface area contributed by atoms with E-state index in [0.717, 1.165) is 24.7 Å². The summed E-state index contributed by atoms with van der Waals surface area (Å²) in [4.78, 5) is 26.0. The Labute approximate surface area is 136 Å². The molecular weight excluding hydrogens is 298 g/mol. The van der Waals surface area contributed by atoms with Gasteiger partial charge in [0.25, 0.3) is 0 Å². The summed E-state index contributed by atoms with van der Waals surface area (Å²) in [5, 5.41) is 4.84. The Balaban J connectivity index is 1.72. The molecule has 6 heteroatoms. The minimum atomic E-state index is 0.0148. The molecule has 0 aromatic carbocycles. The zero-order valence-electron chi connectivity index (χ0n) is 13.8. The number of aryl methyl sites for hydroxylation is 1. The molecule has 0 aliphatic carbocycles. The minimum absolute atomic E-state index is 0.0148. The molecule has 1 aromatic heterocycles. The Morgan fingerprint density at radius 2 is 2.32 bits per heavy atom. The highest BCUT2D eigenvalue weighted by molar-refractivity contribution is 7.07. The molecule has 2 rings (SSSR count). The number of rotatable bonds is 6. The van der Waals surface area contributed by atoms with E-state index in [-0.39, 0.29) is 10.8 Å². The summed E-state index contributed by atoms with van der Waals surface area (Å²) in [5.41, 5.74) is 0.929. The van der Waals surface area contributed by atoms with Crippen LogP contribution in [0.1, 0.15) is 38.8 Å². The maximum Gasteiger partial charge on any atom is 0.307 e. The normalized spacial score (nSPS) is 20.8. The second-order valence-corrected chi connectivity index (χ2v) is 7.26. The second kappa shape index (κ2) is 7.92. The van der Waals surface area contributed by atoms with Gasteiger partial charge in [-0.15, -0.1) is 0 Å². The van der Waals surface area contributed by atoms with E-state index in [1.54, 1.807) is 4.57 Å². The van der Waals surface area contributed by atoms with Crippen molar-refractivity contribution in [2.24, 2.45) is 5.92 Å². The van der Waals surface area contributed by atoms with E-state index in [4.69, 9.17) is 0 Å². The van der Waals surface area contributed by atoms with E-state index in [1.165, 1.54) is 24.2 Å². The molecule has 1 saturated heterocycles. The number of carbonyl (C=O) groups is 1. The van der Waals surface area contributed by atoms with E-state index in [1.807, 2.05) is 12.3 Å². The molecule has 1 aliphatic rings. The van der Waals surface area contributed by atoms with Crippen LogP contribution in [0.25, 0.3) is 0 Å². The predicted molar refractivity (Wildman–Crippen MR) is 90.4 cm³/mol. The van der Waals surface area contributed by atoms with Gasteiger partial charge in [-0.2, -0.15) is 0 Å². The number of aromatic nitrogens is 1. The molecule has 1 N–H and O–H groups in total. The van der Waals surface area contributed by atoms with Gasteiger partial charge in [-0.05, 0) is 39.2 Å². The lowest BCUT2D eigenvalue weighted by Gasteiger charge is -2.35. The van der Waals surface area contributed by atoms with Crippen LogP contribution in [0.15, 0.2) is 10.2 Å². The predicted octanol–water partition coefficient (Wildman–Crippen LogP) is 1.84. The lowest BCUT2D eigenvalue weighted by atomic mass is 9.99. The number of thiazole rings is 1. The first kappa shape index (κ1) is 17.2. The Morgan fingerprint density at radius 1 is 1.55 bits per heavy atom. The first-order valence-electron chi connectivity index (χ1n) is 8.13. The van der Waals surface area contributed by atoms with E-state index in [0.29, 0.717) is 25.6 Å². The van der Waals surface area contributed by atoms with Crippen molar-refractivity contribution in [2.45, 2.75) is 52.6 Å². The molecular formula is C16H27N3O2S. The highest BCUT2D eigenvalue weighted by Gasteiger charge is 2.21. The molecule has 2 atom stereocenters. The average Bonchev–Trinajstić information content (AvgIpc) is 2.81. The van der Waals surface area contributed by atoms with E-state index >= 15 is 0 Å². The quantitative estimate of drug-likeness (QED) is 0.868. The topological polar surface area (TPSA) is 54.3 Å². The van der Waals surface area contributed by atoms with Crippen LogP contribution in [0.2, 0.25) is 0 Å². The first-order chi connectivity index (χ1) is 10.5. The van der Waals surface area contributed by atoms with E-state index < -0.39 is 0 Å². The van der Waals surface area contributed by atoms with Crippen LogP contribution in [-0.4, -0.2) is 41.1 Å². The van der Waals surface area contributed by atoms with Crippen LogP contribution in [0.3, 0.4) is 0 Å². The highest BCUT2D eigenvalue weighted by atomic mass is 32.1. The highest BCUT2D eigenvalue weighted by Crippen LogP contribution is 2.17. The number of nitrogens with one attached hydrogen (secondary N) is 1. The van der Waals surface area contributed by atoms with Crippen LogP contribution in [-0.2, 0) is 11.3 Å². The minimum Gasteiger partial charge on any atom is -0.354 e. The summed E-state index contributed by atoms with van der Waals surface area (Å²) in [6, 6.07) is 0.373.